The molecule has 0 bridgehead atoms. The Labute approximate surface area is 111 Å². The molecule has 6 nitrogen and oxygen atoms in total. The number of carboxylic acid groups (broad SMARTS) is 1. The van der Waals surface area contributed by atoms with E-state index in [0.717, 1.165) is 0 Å². The monoisotopic (exact) mass is 271 g/mol. The van der Waals surface area contributed by atoms with Crippen molar-refractivity contribution in [2.45, 2.75) is 45.7 Å². The van der Waals surface area contributed by atoms with Crippen LogP contribution in [-0.2, 0) is 36.0 Å². The van der Waals surface area contributed by atoms with Crippen molar-refractivity contribution in [1.29, 1.82) is 0 Å². The second-order valence-electron chi connectivity index (χ2n) is 3.60. The summed E-state index contributed by atoms with van der Waals surface area (Å²) in [6, 6.07) is 0. The predicted octanol–water partition coefficient (Wildman–Crippen LogP) is -0.351. The zero-order valence-corrected chi connectivity index (χ0v) is 12.0. The fraction of sp³-hybridized carbons (Fsp3) is 0.889. The quantitative estimate of drug-likeness (QED) is 0.506. The normalized spacial score (nSPS) is 13.9. The van der Waals surface area contributed by atoms with Gasteiger partial charge in [0.15, 0.2) is 0 Å². The minimum atomic E-state index is -2.36. The van der Waals surface area contributed by atoms with Crippen LogP contribution in [-0.4, -0.2) is 35.7 Å². The molecular formula is C9H21NO5Ti. The summed E-state index contributed by atoms with van der Waals surface area (Å²) in [6.07, 6.45) is -0.606. The van der Waals surface area contributed by atoms with E-state index in [9.17, 15) is 15.0 Å². The smallest absolute Gasteiger partial charge is 0.231 e. The first-order valence-electron chi connectivity index (χ1n) is 4.51. The third-order valence-electron chi connectivity index (χ3n) is 1.36. The Balaban J connectivity index is -0.000000845. The van der Waals surface area contributed by atoms with E-state index in [0.29, 0.717) is 0 Å². The molecule has 0 amide bonds. The molecule has 0 aromatic carbocycles. The van der Waals surface area contributed by atoms with E-state index in [-0.39, 0.29) is 34.0 Å². The summed E-state index contributed by atoms with van der Waals surface area (Å²) in [5.74, 6) is -4.05. The second-order valence-corrected chi connectivity index (χ2v) is 3.60. The van der Waals surface area contributed by atoms with E-state index in [4.69, 9.17) is 9.47 Å². The first kappa shape index (κ1) is 21.3. The van der Waals surface area contributed by atoms with E-state index in [1.807, 2.05) is 0 Å². The van der Waals surface area contributed by atoms with Crippen LogP contribution in [0.3, 0.4) is 0 Å². The molecule has 5 N–H and O–H groups in total. The number of quaternary nitrogens is 1. The maximum absolute atomic E-state index is 10.6. The molecule has 16 heavy (non-hydrogen) atoms. The summed E-state index contributed by atoms with van der Waals surface area (Å²) in [5, 5.41) is 20.1. The van der Waals surface area contributed by atoms with Crippen LogP contribution in [0.4, 0.5) is 0 Å². The van der Waals surface area contributed by atoms with Gasteiger partial charge in [-0.1, -0.05) is 0 Å². The SMILES string of the molecule is CC(C)OCC(O)(OC(C)C)C(=O)[O-].[NH4+].[Ti]. The van der Waals surface area contributed by atoms with Gasteiger partial charge in [0.25, 0.3) is 0 Å². The molecule has 1 unspecified atom stereocenters. The zero-order valence-electron chi connectivity index (χ0n) is 10.4. The minimum absolute atomic E-state index is 0. The van der Waals surface area contributed by atoms with E-state index >= 15 is 0 Å². The van der Waals surface area contributed by atoms with Gasteiger partial charge in [-0.3, -0.25) is 0 Å². The van der Waals surface area contributed by atoms with Gasteiger partial charge in [-0.2, -0.15) is 0 Å². The van der Waals surface area contributed by atoms with Crippen molar-refractivity contribution < 1.29 is 46.2 Å². The van der Waals surface area contributed by atoms with Crippen molar-refractivity contribution in [3.8, 4) is 0 Å². The van der Waals surface area contributed by atoms with Gasteiger partial charge in [-0.25, -0.2) is 0 Å². The number of hydrogen-bond donors (Lipinski definition) is 2. The van der Waals surface area contributed by atoms with Crippen molar-refractivity contribution in [3.63, 3.8) is 0 Å². The van der Waals surface area contributed by atoms with Gasteiger partial charge < -0.3 is 30.6 Å². The summed E-state index contributed by atoms with van der Waals surface area (Å²) >= 11 is 0. The molecule has 0 aliphatic rings. The standard InChI is InChI=1S/C9H18O5.H3N.Ti/c1-6(2)13-5-9(12,8(10)11)14-7(3)4;;/h6-7,12H,5H2,1-4H3,(H,10,11);1H3;. The Hall–Kier alpha value is 0.0243. The van der Waals surface area contributed by atoms with Crippen molar-refractivity contribution >= 4 is 5.97 Å². The van der Waals surface area contributed by atoms with E-state index in [2.05, 4.69) is 0 Å². The number of ether oxygens (including phenoxy) is 2. The van der Waals surface area contributed by atoms with Gasteiger partial charge in [0.2, 0.25) is 5.79 Å². The number of hydrogen-bond acceptors (Lipinski definition) is 5. The van der Waals surface area contributed by atoms with Crippen molar-refractivity contribution in [1.82, 2.24) is 6.15 Å². The summed E-state index contributed by atoms with van der Waals surface area (Å²) < 4.78 is 9.79. The first-order valence-corrected chi connectivity index (χ1v) is 4.51. The van der Waals surface area contributed by atoms with Crippen molar-refractivity contribution in [3.05, 3.63) is 0 Å². The molecule has 96 valence electrons. The van der Waals surface area contributed by atoms with Gasteiger partial charge >= 0.3 is 0 Å². The molecule has 0 saturated carbocycles. The Morgan fingerprint density at radius 3 is 2.00 bits per heavy atom. The first-order chi connectivity index (χ1) is 6.28. The Morgan fingerprint density at radius 2 is 1.75 bits per heavy atom. The Kier molecular flexibility index (Phi) is 12.1. The molecule has 0 aliphatic heterocycles. The fourth-order valence-corrected chi connectivity index (χ4v) is 0.811. The molecule has 0 aliphatic carbocycles. The molecule has 0 aromatic heterocycles. The summed E-state index contributed by atoms with van der Waals surface area (Å²) in [5.41, 5.74) is 0. The Bertz CT molecular complexity index is 200. The molecule has 0 saturated heterocycles. The van der Waals surface area contributed by atoms with Crippen LogP contribution in [0.25, 0.3) is 0 Å². The summed E-state index contributed by atoms with van der Waals surface area (Å²) in [4.78, 5) is 10.6. The number of aliphatic carboxylic acids is 1. The molecule has 1 atom stereocenters. The number of carbonyl (C=O) groups excluding carboxylic acids is 1. The maximum Gasteiger partial charge on any atom is 0.231 e. The second kappa shape index (κ2) is 9.10. The van der Waals surface area contributed by atoms with Gasteiger partial charge in [0, 0.05) is 21.7 Å². The molecule has 0 radical (unpaired) electrons. The van der Waals surface area contributed by atoms with Gasteiger partial charge in [-0.15, -0.1) is 0 Å². The molecular weight excluding hydrogens is 250 g/mol. The fourth-order valence-electron chi connectivity index (χ4n) is 0.811. The van der Waals surface area contributed by atoms with Gasteiger partial charge in [0.1, 0.15) is 12.6 Å². The van der Waals surface area contributed by atoms with Gasteiger partial charge in [0.05, 0.1) is 12.2 Å². The average Bonchev–Trinajstić information content (AvgIpc) is 1.99. The number of carboxylic acids is 1. The van der Waals surface area contributed by atoms with Crippen LogP contribution < -0.4 is 11.3 Å². The number of aliphatic hydroxyl groups is 1. The molecule has 0 spiro atoms. The maximum atomic E-state index is 10.6. The van der Waals surface area contributed by atoms with Crippen LogP contribution in [0.1, 0.15) is 27.7 Å². The third-order valence-corrected chi connectivity index (χ3v) is 1.36. The summed E-state index contributed by atoms with van der Waals surface area (Å²) in [6.45, 7) is 6.24. The van der Waals surface area contributed by atoms with E-state index in [1.54, 1.807) is 27.7 Å². The van der Waals surface area contributed by atoms with Crippen LogP contribution in [0, 0.1) is 0 Å². The van der Waals surface area contributed by atoms with Crippen LogP contribution in [0.2, 0.25) is 0 Å². The van der Waals surface area contributed by atoms with Crippen molar-refractivity contribution in [2.24, 2.45) is 0 Å². The van der Waals surface area contributed by atoms with Crippen LogP contribution in [0.15, 0.2) is 0 Å². The zero-order chi connectivity index (χ0) is 11.4. The Morgan fingerprint density at radius 1 is 1.31 bits per heavy atom. The van der Waals surface area contributed by atoms with E-state index in [1.165, 1.54) is 0 Å². The number of rotatable bonds is 6. The largest absolute Gasteiger partial charge is 0.544 e. The predicted molar refractivity (Wildman–Crippen MR) is 53.3 cm³/mol. The topological polar surface area (TPSA) is 115 Å². The minimum Gasteiger partial charge on any atom is -0.544 e. The van der Waals surface area contributed by atoms with Crippen molar-refractivity contribution in [2.75, 3.05) is 6.61 Å². The van der Waals surface area contributed by atoms with Crippen LogP contribution in [0.5, 0.6) is 0 Å². The van der Waals surface area contributed by atoms with Gasteiger partial charge in [-0.05, 0) is 27.7 Å². The molecule has 0 fully saturated rings. The molecule has 0 aromatic rings. The number of carbonyl (C=O) groups is 1. The third kappa shape index (κ3) is 8.21. The van der Waals surface area contributed by atoms with E-state index < -0.39 is 24.5 Å². The van der Waals surface area contributed by atoms with Crippen LogP contribution >= 0.6 is 0 Å². The summed E-state index contributed by atoms with van der Waals surface area (Å²) in [7, 11) is 0. The molecule has 0 heterocycles. The molecule has 7 heteroatoms. The average molecular weight is 271 g/mol. The molecule has 0 rings (SSSR count).